The molecule has 4 heterocycles. The molecule has 5 nitrogen and oxygen atoms in total. The average Bonchev–Trinajstić information content (AvgIpc) is 2.98. The van der Waals surface area contributed by atoms with Crippen LogP contribution in [0.15, 0.2) is 10.9 Å². The Morgan fingerprint density at radius 2 is 2.39 bits per heavy atom. The molecule has 1 aromatic rings. The van der Waals surface area contributed by atoms with E-state index in [2.05, 4.69) is 15.2 Å². The normalized spacial score (nSPS) is 38.9. The third kappa shape index (κ3) is 2.42. The minimum atomic E-state index is -0.0455. The molecule has 3 aliphatic heterocycles. The van der Waals surface area contributed by atoms with Gasteiger partial charge in [0, 0.05) is 43.4 Å². The van der Waals surface area contributed by atoms with Gasteiger partial charge in [0.05, 0.1) is 17.2 Å². The van der Waals surface area contributed by atoms with Crippen molar-refractivity contribution in [3.63, 3.8) is 0 Å². The molecule has 4 atom stereocenters. The van der Waals surface area contributed by atoms with Crippen LogP contribution in [-0.2, 0) is 4.74 Å². The molecule has 1 aliphatic carbocycles. The van der Waals surface area contributed by atoms with Crippen molar-refractivity contribution < 1.29 is 9.53 Å². The lowest BCUT2D eigenvalue weighted by atomic mass is 9.73. The first-order valence-corrected chi connectivity index (χ1v) is 9.74. The number of rotatable bonds is 5. The first-order chi connectivity index (χ1) is 11.2. The lowest BCUT2D eigenvalue weighted by Crippen LogP contribution is -2.42. The van der Waals surface area contributed by atoms with Crippen molar-refractivity contribution in [2.45, 2.75) is 37.4 Å². The summed E-state index contributed by atoms with van der Waals surface area (Å²) in [7, 11) is 0. The Labute approximate surface area is 140 Å². The molecular formula is C17H23N3O2S. The van der Waals surface area contributed by atoms with Crippen LogP contribution >= 0.6 is 11.3 Å². The SMILES string of the molecule is O=C(NC[C@H]1[C@H]2CN(CC3CC3)C[C@]23CC[C@H]1O3)c1cscn1. The van der Waals surface area contributed by atoms with Crippen molar-refractivity contribution in [3.05, 3.63) is 16.6 Å². The van der Waals surface area contributed by atoms with Gasteiger partial charge in [0.1, 0.15) is 5.69 Å². The minimum absolute atomic E-state index is 0.0455. The molecule has 4 aliphatic rings. The van der Waals surface area contributed by atoms with Crippen molar-refractivity contribution in [3.8, 4) is 0 Å². The molecule has 1 aromatic heterocycles. The first-order valence-electron chi connectivity index (χ1n) is 8.80. The summed E-state index contributed by atoms with van der Waals surface area (Å²) in [5.74, 6) is 1.95. The summed E-state index contributed by atoms with van der Waals surface area (Å²) in [5, 5.41) is 4.90. The molecular weight excluding hydrogens is 310 g/mol. The van der Waals surface area contributed by atoms with Crippen LogP contribution in [0.2, 0.25) is 0 Å². The van der Waals surface area contributed by atoms with E-state index in [0.29, 0.717) is 23.6 Å². The predicted octanol–water partition coefficient (Wildman–Crippen LogP) is 1.76. The highest BCUT2D eigenvalue weighted by atomic mass is 32.1. The average molecular weight is 333 g/mol. The summed E-state index contributed by atoms with van der Waals surface area (Å²) in [4.78, 5) is 18.9. The van der Waals surface area contributed by atoms with Gasteiger partial charge in [-0.3, -0.25) is 9.69 Å². The molecule has 0 aromatic carbocycles. The standard InChI is InChI=1S/C17H23N3O2S/c21-16(14-8-23-10-19-14)18-5-12-13-7-20(6-11-1-2-11)9-17(13)4-3-15(12)22-17/h8,10-13,15H,1-7,9H2,(H,18,21)/t12-,13+,15+,17+/m0/s1. The second kappa shape index (κ2) is 5.26. The zero-order chi connectivity index (χ0) is 15.4. The van der Waals surface area contributed by atoms with Crippen LogP contribution in [0.4, 0.5) is 0 Å². The minimum Gasteiger partial charge on any atom is -0.370 e. The Kier molecular flexibility index (Phi) is 3.29. The van der Waals surface area contributed by atoms with Gasteiger partial charge in [0.15, 0.2) is 0 Å². The zero-order valence-corrected chi connectivity index (χ0v) is 14.1. The maximum atomic E-state index is 12.2. The molecule has 1 N–H and O–H groups in total. The van der Waals surface area contributed by atoms with Crippen LogP contribution in [-0.4, -0.2) is 53.7 Å². The quantitative estimate of drug-likeness (QED) is 0.892. The molecule has 4 fully saturated rings. The molecule has 6 heteroatoms. The third-order valence-corrected chi connectivity index (χ3v) is 6.82. The number of ether oxygens (including phenoxy) is 1. The van der Waals surface area contributed by atoms with Gasteiger partial charge in [-0.05, 0) is 31.6 Å². The third-order valence-electron chi connectivity index (χ3n) is 6.23. The van der Waals surface area contributed by atoms with Crippen LogP contribution < -0.4 is 5.32 Å². The van der Waals surface area contributed by atoms with E-state index in [4.69, 9.17) is 4.74 Å². The second-order valence-electron chi connectivity index (χ2n) is 7.75. The number of hydrogen-bond acceptors (Lipinski definition) is 5. The maximum Gasteiger partial charge on any atom is 0.270 e. The van der Waals surface area contributed by atoms with E-state index < -0.39 is 0 Å². The number of likely N-dealkylation sites (tertiary alicyclic amines) is 1. The fourth-order valence-electron chi connectivity index (χ4n) is 4.99. The maximum absolute atomic E-state index is 12.2. The topological polar surface area (TPSA) is 54.5 Å². The summed E-state index contributed by atoms with van der Waals surface area (Å²) >= 11 is 1.46. The van der Waals surface area contributed by atoms with E-state index >= 15 is 0 Å². The van der Waals surface area contributed by atoms with Crippen molar-refractivity contribution in [2.24, 2.45) is 17.8 Å². The number of carbonyl (C=O) groups is 1. The van der Waals surface area contributed by atoms with E-state index in [0.717, 1.165) is 32.0 Å². The van der Waals surface area contributed by atoms with E-state index in [-0.39, 0.29) is 11.5 Å². The Balaban J connectivity index is 1.25. The Bertz CT molecular complexity index is 603. The Morgan fingerprint density at radius 1 is 1.48 bits per heavy atom. The van der Waals surface area contributed by atoms with E-state index in [1.54, 1.807) is 10.9 Å². The second-order valence-corrected chi connectivity index (χ2v) is 8.47. The summed E-state index contributed by atoms with van der Waals surface area (Å²) in [6.07, 6.45) is 5.53. The zero-order valence-electron chi connectivity index (χ0n) is 13.2. The summed E-state index contributed by atoms with van der Waals surface area (Å²) in [6.45, 7) is 4.25. The van der Waals surface area contributed by atoms with Crippen molar-refractivity contribution in [1.29, 1.82) is 0 Å². The molecule has 1 spiro atoms. The van der Waals surface area contributed by atoms with Gasteiger partial charge < -0.3 is 10.1 Å². The number of amides is 1. The summed E-state index contributed by atoms with van der Waals surface area (Å²) in [5.41, 5.74) is 2.34. The van der Waals surface area contributed by atoms with E-state index in [1.807, 2.05) is 0 Å². The number of aromatic nitrogens is 1. The van der Waals surface area contributed by atoms with Gasteiger partial charge in [0.25, 0.3) is 5.91 Å². The number of hydrogen-bond donors (Lipinski definition) is 1. The van der Waals surface area contributed by atoms with Gasteiger partial charge in [-0.15, -0.1) is 11.3 Å². The largest absolute Gasteiger partial charge is 0.370 e. The van der Waals surface area contributed by atoms with Crippen LogP contribution in [0.25, 0.3) is 0 Å². The monoisotopic (exact) mass is 333 g/mol. The molecule has 3 saturated heterocycles. The van der Waals surface area contributed by atoms with Gasteiger partial charge >= 0.3 is 0 Å². The van der Waals surface area contributed by atoms with Gasteiger partial charge in [-0.1, -0.05) is 0 Å². The predicted molar refractivity (Wildman–Crippen MR) is 87.4 cm³/mol. The van der Waals surface area contributed by atoms with Crippen LogP contribution in [0, 0.1) is 17.8 Å². The van der Waals surface area contributed by atoms with Crippen LogP contribution in [0.1, 0.15) is 36.2 Å². The Morgan fingerprint density at radius 3 is 3.17 bits per heavy atom. The van der Waals surface area contributed by atoms with Crippen molar-refractivity contribution in [2.75, 3.05) is 26.2 Å². The smallest absolute Gasteiger partial charge is 0.270 e. The summed E-state index contributed by atoms with van der Waals surface area (Å²) in [6, 6.07) is 0. The van der Waals surface area contributed by atoms with Crippen LogP contribution in [0.5, 0.6) is 0 Å². The first kappa shape index (κ1) is 14.4. The molecule has 124 valence electrons. The van der Waals surface area contributed by atoms with Crippen molar-refractivity contribution in [1.82, 2.24) is 15.2 Å². The number of fused-ring (bicyclic) bond motifs is 1. The molecule has 1 amide bonds. The van der Waals surface area contributed by atoms with Gasteiger partial charge in [-0.25, -0.2) is 4.98 Å². The highest BCUT2D eigenvalue weighted by Gasteiger charge is 2.62. The fourth-order valence-corrected chi connectivity index (χ4v) is 5.52. The van der Waals surface area contributed by atoms with E-state index in [9.17, 15) is 4.79 Å². The molecule has 23 heavy (non-hydrogen) atoms. The molecule has 0 unspecified atom stereocenters. The molecule has 1 saturated carbocycles. The summed E-state index contributed by atoms with van der Waals surface area (Å²) < 4.78 is 6.45. The number of nitrogens with one attached hydrogen (secondary N) is 1. The molecule has 5 rings (SSSR count). The highest BCUT2D eigenvalue weighted by Crippen LogP contribution is 2.55. The molecule has 2 bridgehead atoms. The van der Waals surface area contributed by atoms with E-state index in [1.165, 1.54) is 37.1 Å². The van der Waals surface area contributed by atoms with Crippen molar-refractivity contribution >= 4 is 17.2 Å². The van der Waals surface area contributed by atoms with Gasteiger partial charge in [-0.2, -0.15) is 0 Å². The number of thiazole rings is 1. The number of nitrogens with zero attached hydrogens (tertiary/aromatic N) is 2. The Hall–Kier alpha value is -0.980. The number of carbonyl (C=O) groups excluding carboxylic acids is 1. The van der Waals surface area contributed by atoms with Gasteiger partial charge in [0.2, 0.25) is 0 Å². The lowest BCUT2D eigenvalue weighted by molar-refractivity contribution is 0.00244. The van der Waals surface area contributed by atoms with Crippen LogP contribution in [0.3, 0.4) is 0 Å². The molecule has 0 radical (unpaired) electrons. The fraction of sp³-hybridized carbons (Fsp3) is 0.765. The lowest BCUT2D eigenvalue weighted by Gasteiger charge is -2.29. The highest BCUT2D eigenvalue weighted by molar-refractivity contribution is 7.07.